The van der Waals surface area contributed by atoms with Gasteiger partial charge in [-0.25, -0.2) is 0 Å². The van der Waals surface area contributed by atoms with Gasteiger partial charge in [0, 0.05) is 36.1 Å². The Morgan fingerprint density at radius 1 is 0.730 bits per heavy atom. The molecule has 10 heteroatoms. The summed E-state index contributed by atoms with van der Waals surface area (Å²) in [6.07, 6.45) is 4.99. The second-order valence-electron chi connectivity index (χ2n) is 18.0. The summed E-state index contributed by atoms with van der Waals surface area (Å²) < 4.78 is 6.25. The highest BCUT2D eigenvalue weighted by Gasteiger charge is 2.40. The number of amides is 3. The van der Waals surface area contributed by atoms with Crippen molar-refractivity contribution in [3.05, 3.63) is 126 Å². The Morgan fingerprint density at radius 3 is 2.00 bits per heavy atom. The lowest BCUT2D eigenvalue weighted by atomic mass is 9.99. The van der Waals surface area contributed by atoms with E-state index in [0.29, 0.717) is 54.8 Å². The van der Waals surface area contributed by atoms with E-state index in [4.69, 9.17) is 4.42 Å². The van der Waals surface area contributed by atoms with Gasteiger partial charge in [0.05, 0.1) is 6.04 Å². The van der Waals surface area contributed by atoms with Crippen LogP contribution >= 0.6 is 0 Å². The van der Waals surface area contributed by atoms with Crippen molar-refractivity contribution in [1.82, 2.24) is 20.0 Å². The molecule has 4 atom stereocenters. The Labute approximate surface area is 374 Å². The minimum absolute atomic E-state index is 0. The van der Waals surface area contributed by atoms with Gasteiger partial charge >= 0.3 is 0 Å². The predicted octanol–water partition coefficient (Wildman–Crippen LogP) is 9.86. The van der Waals surface area contributed by atoms with Crippen LogP contribution in [0.3, 0.4) is 0 Å². The van der Waals surface area contributed by atoms with Crippen molar-refractivity contribution < 1.29 is 23.6 Å². The highest BCUT2D eigenvalue weighted by Crippen LogP contribution is 2.32. The summed E-state index contributed by atoms with van der Waals surface area (Å²) in [6.45, 7) is 11.3. The molecule has 0 bridgehead atoms. The molecular formula is C53H67N5O5. The second kappa shape index (κ2) is 21.7. The summed E-state index contributed by atoms with van der Waals surface area (Å²) in [4.78, 5) is 61.6. The predicted molar refractivity (Wildman–Crippen MR) is 253 cm³/mol. The van der Waals surface area contributed by atoms with Gasteiger partial charge in [0.2, 0.25) is 17.7 Å². The summed E-state index contributed by atoms with van der Waals surface area (Å²) in [6, 6.07) is 33.0. The number of likely N-dealkylation sites (tertiary alicyclic amines) is 2. The molecule has 2 aliphatic rings. The zero-order chi connectivity index (χ0) is 43.8. The van der Waals surface area contributed by atoms with E-state index in [0.717, 1.165) is 66.4 Å². The number of hydrogen-bond acceptors (Lipinski definition) is 7. The monoisotopic (exact) mass is 854 g/mol. The number of fused-ring (bicyclic) bond motifs is 1. The first-order valence-corrected chi connectivity index (χ1v) is 22.6. The number of hydrogen-bond donors (Lipinski definition) is 2. The van der Waals surface area contributed by atoms with Gasteiger partial charge in [0.15, 0.2) is 5.78 Å². The number of likely N-dealkylation sites (N-methyl/N-ethyl adjacent to an activating group) is 1. The molecule has 3 amide bonds. The number of ketones is 1. The number of furan rings is 1. The van der Waals surface area contributed by atoms with Crippen LogP contribution < -0.4 is 10.6 Å². The van der Waals surface area contributed by atoms with Crippen molar-refractivity contribution in [2.75, 3.05) is 38.5 Å². The Bertz CT molecular complexity index is 2290. The Hall–Kier alpha value is -5.58. The molecule has 2 aliphatic heterocycles. The molecule has 0 saturated carbocycles. The molecule has 63 heavy (non-hydrogen) atoms. The Morgan fingerprint density at radius 2 is 1.35 bits per heavy atom. The van der Waals surface area contributed by atoms with Gasteiger partial charge in [-0.1, -0.05) is 102 Å². The molecule has 0 aliphatic carbocycles. The number of rotatable bonds is 18. The molecular weight excluding hydrogens is 787 g/mol. The van der Waals surface area contributed by atoms with E-state index in [1.807, 2.05) is 116 Å². The Balaban J connectivity index is 0.00000661. The average molecular weight is 854 g/mol. The van der Waals surface area contributed by atoms with Crippen LogP contribution in [0.5, 0.6) is 0 Å². The first-order chi connectivity index (χ1) is 30.0. The fourth-order valence-electron chi connectivity index (χ4n) is 8.92. The largest absolute Gasteiger partial charge is 0.456 e. The van der Waals surface area contributed by atoms with E-state index < -0.39 is 24.2 Å². The standard InChI is InChI=1S/C52H63N5O5.CH4/c1-35(2)26-28-53-48(39-14-8-6-9-15-39)51(60)56-29-12-18-43(56)45(58)33-37-20-25-46-41(32-37)34-47(62-46)38-21-23-42(24-22-38)54-50(59)44-19-13-30-57(44)52(61)49(40-16-10-7-11-17-40)55(5)31-27-36(3)4;/h6-11,14-17,20-25,32,34-36,43-44,48-49,53H,12-13,18-19,26-31,33H2,1-5H3,(H,54,59);1H4/t43-,44-,48+,49+;/m0./s1. The number of anilines is 1. The van der Waals surface area contributed by atoms with E-state index in [1.54, 1.807) is 9.80 Å². The van der Waals surface area contributed by atoms with Crippen LogP contribution in [0, 0.1) is 11.8 Å². The molecule has 7 rings (SSSR count). The van der Waals surface area contributed by atoms with E-state index in [9.17, 15) is 19.2 Å². The van der Waals surface area contributed by atoms with Crippen molar-refractivity contribution in [3.8, 4) is 11.3 Å². The van der Waals surface area contributed by atoms with E-state index in [1.165, 1.54) is 0 Å². The van der Waals surface area contributed by atoms with Crippen molar-refractivity contribution in [1.29, 1.82) is 0 Å². The molecule has 334 valence electrons. The maximum Gasteiger partial charge on any atom is 0.247 e. The third-order valence-electron chi connectivity index (χ3n) is 12.4. The topological polar surface area (TPSA) is 115 Å². The molecule has 0 radical (unpaired) electrons. The van der Waals surface area contributed by atoms with Crippen LogP contribution in [0.15, 0.2) is 114 Å². The summed E-state index contributed by atoms with van der Waals surface area (Å²) in [7, 11) is 2.00. The van der Waals surface area contributed by atoms with Crippen molar-refractivity contribution in [3.63, 3.8) is 0 Å². The third-order valence-corrected chi connectivity index (χ3v) is 12.4. The molecule has 3 heterocycles. The molecule has 4 aromatic carbocycles. The van der Waals surface area contributed by atoms with Gasteiger partial charge in [0.1, 0.15) is 29.5 Å². The van der Waals surface area contributed by atoms with Crippen molar-refractivity contribution in [2.24, 2.45) is 11.8 Å². The quantitative estimate of drug-likeness (QED) is 0.0902. The fraction of sp³-hybridized carbons (Fsp3) is 0.434. The maximum atomic E-state index is 14.2. The minimum atomic E-state index is -0.552. The highest BCUT2D eigenvalue weighted by atomic mass is 16.3. The van der Waals surface area contributed by atoms with Gasteiger partial charge in [-0.05, 0) is 130 Å². The molecule has 1 aromatic heterocycles. The number of nitrogens with one attached hydrogen (secondary N) is 2. The highest BCUT2D eigenvalue weighted by molar-refractivity contribution is 5.99. The molecule has 0 spiro atoms. The lowest BCUT2D eigenvalue weighted by Crippen LogP contribution is -2.48. The van der Waals surface area contributed by atoms with Gasteiger partial charge in [-0.3, -0.25) is 24.1 Å². The van der Waals surface area contributed by atoms with Crippen LogP contribution in [-0.2, 0) is 25.6 Å². The van der Waals surface area contributed by atoms with Crippen LogP contribution in [0.2, 0.25) is 0 Å². The third kappa shape index (κ3) is 11.5. The summed E-state index contributed by atoms with van der Waals surface area (Å²) in [5.74, 6) is 1.47. The second-order valence-corrected chi connectivity index (χ2v) is 18.0. The maximum absolute atomic E-state index is 14.2. The summed E-state index contributed by atoms with van der Waals surface area (Å²) >= 11 is 0. The van der Waals surface area contributed by atoms with Gasteiger partial charge in [0.25, 0.3) is 0 Å². The first kappa shape index (κ1) is 46.9. The van der Waals surface area contributed by atoms with Gasteiger partial charge in [-0.15, -0.1) is 0 Å². The molecule has 2 saturated heterocycles. The van der Waals surface area contributed by atoms with E-state index >= 15 is 0 Å². The number of carbonyl (C=O) groups is 4. The smallest absolute Gasteiger partial charge is 0.247 e. The molecule has 0 unspecified atom stereocenters. The number of Topliss-reactive ketones (excluding diaryl/α,β-unsaturated/α-hetero) is 1. The minimum Gasteiger partial charge on any atom is -0.456 e. The molecule has 5 aromatic rings. The van der Waals surface area contributed by atoms with Crippen LogP contribution in [0.4, 0.5) is 5.69 Å². The summed E-state index contributed by atoms with van der Waals surface area (Å²) in [5.41, 5.74) is 4.92. The van der Waals surface area contributed by atoms with Crippen molar-refractivity contribution in [2.45, 2.75) is 104 Å². The first-order valence-electron chi connectivity index (χ1n) is 22.6. The number of carbonyl (C=O) groups excluding carboxylic acids is 4. The lowest BCUT2D eigenvalue weighted by Gasteiger charge is -2.33. The zero-order valence-corrected chi connectivity index (χ0v) is 37.0. The normalized spacial score (nSPS) is 17.3. The Kier molecular flexibility index (Phi) is 16.1. The van der Waals surface area contributed by atoms with Gasteiger partial charge in [-0.2, -0.15) is 0 Å². The molecule has 2 N–H and O–H groups in total. The molecule has 2 fully saturated rings. The zero-order valence-electron chi connectivity index (χ0n) is 37.0. The number of benzene rings is 4. The van der Waals surface area contributed by atoms with Gasteiger partial charge < -0.3 is 24.9 Å². The molecule has 10 nitrogen and oxygen atoms in total. The van der Waals surface area contributed by atoms with E-state index in [-0.39, 0.29) is 37.4 Å². The van der Waals surface area contributed by atoms with Crippen LogP contribution in [0.1, 0.15) is 102 Å². The van der Waals surface area contributed by atoms with Crippen LogP contribution in [-0.4, -0.2) is 83.5 Å². The average Bonchev–Trinajstić information content (AvgIpc) is 4.06. The van der Waals surface area contributed by atoms with E-state index in [2.05, 4.69) is 43.2 Å². The van der Waals surface area contributed by atoms with Crippen LogP contribution in [0.25, 0.3) is 22.3 Å². The fourth-order valence-corrected chi connectivity index (χ4v) is 8.92. The van der Waals surface area contributed by atoms with Crippen molar-refractivity contribution >= 4 is 40.2 Å². The SMILES string of the molecule is C.CC(C)CCN[C@@H](C(=O)N1CCC[C@H]1C(=O)Cc1ccc2oc(-c3ccc(NC(=O)[C@@H]4CCCN4C(=O)[C@@H](c4ccccc4)N(C)CCC(C)C)cc3)cc2c1)c1ccccc1. The lowest BCUT2D eigenvalue weighted by molar-refractivity contribution is -0.141. The number of nitrogens with zero attached hydrogens (tertiary/aromatic N) is 3. The summed E-state index contributed by atoms with van der Waals surface area (Å²) in [5, 5.41) is 7.44.